The first-order chi connectivity index (χ1) is 13.2. The molecule has 2 heterocycles. The van der Waals surface area contributed by atoms with E-state index in [0.717, 1.165) is 50.7 Å². The Morgan fingerprint density at radius 3 is 2.56 bits per heavy atom. The second kappa shape index (κ2) is 10.6. The van der Waals surface area contributed by atoms with Crippen molar-refractivity contribution in [2.75, 3.05) is 57.4 Å². The van der Waals surface area contributed by atoms with Crippen LogP contribution in [0.5, 0.6) is 0 Å². The Hall–Kier alpha value is -1.70. The summed E-state index contributed by atoms with van der Waals surface area (Å²) in [7, 11) is 0. The Balaban J connectivity index is 1.41. The van der Waals surface area contributed by atoms with Crippen LogP contribution in [0.1, 0.15) is 31.7 Å². The van der Waals surface area contributed by atoms with Crippen LogP contribution in [0, 0.1) is 0 Å². The summed E-state index contributed by atoms with van der Waals surface area (Å²) < 4.78 is 5.38. The van der Waals surface area contributed by atoms with Crippen molar-refractivity contribution in [3.8, 4) is 0 Å². The summed E-state index contributed by atoms with van der Waals surface area (Å²) in [5, 5.41) is 8.23. The molecule has 0 aromatic heterocycles. The van der Waals surface area contributed by atoms with Crippen molar-refractivity contribution in [2.45, 2.75) is 26.2 Å². The first-order valence-corrected chi connectivity index (χ1v) is 10.5. The quantitative estimate of drug-likeness (QED) is 0.381. The van der Waals surface area contributed by atoms with Gasteiger partial charge < -0.3 is 19.9 Å². The van der Waals surface area contributed by atoms with Gasteiger partial charge in [0.2, 0.25) is 0 Å². The van der Waals surface area contributed by atoms with Gasteiger partial charge in [-0.1, -0.05) is 12.1 Å². The summed E-state index contributed by atoms with van der Waals surface area (Å²) in [5.41, 5.74) is 6.32. The highest BCUT2D eigenvalue weighted by Gasteiger charge is 2.13. The van der Waals surface area contributed by atoms with Gasteiger partial charge in [-0.05, 0) is 56.1 Å². The molecule has 0 spiro atoms. The van der Waals surface area contributed by atoms with Gasteiger partial charge in [-0.2, -0.15) is 5.10 Å². The molecule has 2 aliphatic rings. The van der Waals surface area contributed by atoms with E-state index in [0.29, 0.717) is 5.11 Å². The molecule has 1 aromatic carbocycles. The molecule has 0 bridgehead atoms. The van der Waals surface area contributed by atoms with Gasteiger partial charge in [0.1, 0.15) is 13.1 Å². The molecule has 0 amide bonds. The predicted molar refractivity (Wildman–Crippen MR) is 115 cm³/mol. The standard InChI is InChI=1S/C20H31N5OS/c1-17(18-5-7-19(8-6-18)25-10-3-2-4-11-25)22-23-20(27)21-9-12-24-13-15-26-16-14-24/h5-8H,2-4,9-16H2,1H3,(H2,21,23,27)/p+1/b22-17-. The number of hydrogen-bond donors (Lipinski definition) is 3. The minimum Gasteiger partial charge on any atom is -0.372 e. The number of hydrogen-bond acceptors (Lipinski definition) is 4. The van der Waals surface area contributed by atoms with Crippen LogP contribution in [0.15, 0.2) is 29.4 Å². The van der Waals surface area contributed by atoms with Crippen LogP contribution in [-0.4, -0.2) is 63.3 Å². The number of anilines is 1. The third-order valence-electron chi connectivity index (χ3n) is 5.30. The third-order valence-corrected chi connectivity index (χ3v) is 5.53. The van der Waals surface area contributed by atoms with Gasteiger partial charge in [0.15, 0.2) is 5.11 Å². The van der Waals surface area contributed by atoms with Crippen LogP contribution < -0.4 is 20.5 Å². The maximum atomic E-state index is 5.38. The Morgan fingerprint density at radius 1 is 1.15 bits per heavy atom. The lowest BCUT2D eigenvalue weighted by Crippen LogP contribution is -3.14. The minimum absolute atomic E-state index is 0.576. The zero-order valence-corrected chi connectivity index (χ0v) is 17.1. The zero-order chi connectivity index (χ0) is 18.9. The van der Waals surface area contributed by atoms with Crippen molar-refractivity contribution < 1.29 is 9.64 Å². The van der Waals surface area contributed by atoms with E-state index in [1.165, 1.54) is 38.0 Å². The molecule has 3 N–H and O–H groups in total. The van der Waals surface area contributed by atoms with Crippen molar-refractivity contribution in [2.24, 2.45) is 5.10 Å². The largest absolute Gasteiger partial charge is 0.372 e. The van der Waals surface area contributed by atoms with E-state index in [-0.39, 0.29) is 0 Å². The first-order valence-electron chi connectivity index (χ1n) is 10.1. The van der Waals surface area contributed by atoms with Gasteiger partial charge in [0, 0.05) is 18.8 Å². The molecule has 7 heteroatoms. The second-order valence-electron chi connectivity index (χ2n) is 7.27. The molecule has 3 rings (SSSR count). The van der Waals surface area contributed by atoms with E-state index in [4.69, 9.17) is 17.0 Å². The Bertz CT molecular complexity index is 622. The Morgan fingerprint density at radius 2 is 1.85 bits per heavy atom. The molecular weight excluding hydrogens is 358 g/mol. The van der Waals surface area contributed by atoms with E-state index in [2.05, 4.69) is 45.0 Å². The molecule has 2 fully saturated rings. The minimum atomic E-state index is 0.576. The van der Waals surface area contributed by atoms with Crippen molar-refractivity contribution in [1.29, 1.82) is 0 Å². The van der Waals surface area contributed by atoms with Gasteiger partial charge in [0.05, 0.1) is 32.0 Å². The monoisotopic (exact) mass is 390 g/mol. The summed E-state index contributed by atoms with van der Waals surface area (Å²) in [4.78, 5) is 4.03. The van der Waals surface area contributed by atoms with Gasteiger partial charge in [-0.25, -0.2) is 0 Å². The summed E-state index contributed by atoms with van der Waals surface area (Å²) in [6.07, 6.45) is 3.95. The molecule has 6 nitrogen and oxygen atoms in total. The molecule has 0 saturated carbocycles. The molecule has 0 unspecified atom stereocenters. The molecular formula is C20H32N5OS+. The summed E-state index contributed by atoms with van der Waals surface area (Å²) in [5.74, 6) is 0. The van der Waals surface area contributed by atoms with Crippen LogP contribution in [0.25, 0.3) is 0 Å². The van der Waals surface area contributed by atoms with Crippen LogP contribution in [0.2, 0.25) is 0 Å². The summed E-state index contributed by atoms with van der Waals surface area (Å²) in [6.45, 7) is 10.1. The number of quaternary nitrogens is 1. The van der Waals surface area contributed by atoms with E-state index in [1.54, 1.807) is 4.90 Å². The fourth-order valence-electron chi connectivity index (χ4n) is 3.57. The Labute approximate surface area is 167 Å². The summed E-state index contributed by atoms with van der Waals surface area (Å²) >= 11 is 5.33. The molecule has 27 heavy (non-hydrogen) atoms. The normalized spacial score (nSPS) is 19.0. The van der Waals surface area contributed by atoms with Crippen LogP contribution in [-0.2, 0) is 4.74 Å². The zero-order valence-electron chi connectivity index (χ0n) is 16.3. The van der Waals surface area contributed by atoms with Crippen LogP contribution >= 0.6 is 12.2 Å². The molecule has 2 aliphatic heterocycles. The SMILES string of the molecule is C/C(=N/NC(=S)NCC[NH+]1CCOCC1)c1ccc(N2CCCCC2)cc1. The number of nitrogens with one attached hydrogen (secondary N) is 3. The number of nitrogens with zero attached hydrogens (tertiary/aromatic N) is 2. The lowest BCUT2D eigenvalue weighted by atomic mass is 10.1. The summed E-state index contributed by atoms with van der Waals surface area (Å²) in [6, 6.07) is 8.67. The number of ether oxygens (including phenoxy) is 1. The van der Waals surface area contributed by atoms with Crippen LogP contribution in [0.4, 0.5) is 5.69 Å². The second-order valence-corrected chi connectivity index (χ2v) is 7.68. The number of morpholine rings is 1. The van der Waals surface area contributed by atoms with E-state index < -0.39 is 0 Å². The van der Waals surface area contributed by atoms with E-state index in [1.807, 2.05) is 6.92 Å². The van der Waals surface area contributed by atoms with Crippen molar-refractivity contribution in [1.82, 2.24) is 10.7 Å². The number of thiocarbonyl (C=S) groups is 1. The lowest BCUT2D eigenvalue weighted by Gasteiger charge is -2.28. The fraction of sp³-hybridized carbons (Fsp3) is 0.600. The van der Waals surface area contributed by atoms with Crippen LogP contribution in [0.3, 0.4) is 0 Å². The maximum Gasteiger partial charge on any atom is 0.187 e. The lowest BCUT2D eigenvalue weighted by molar-refractivity contribution is -0.906. The van der Waals surface area contributed by atoms with Gasteiger partial charge in [-0.3, -0.25) is 5.43 Å². The number of piperidine rings is 1. The van der Waals surface area contributed by atoms with Crippen molar-refractivity contribution >= 4 is 28.7 Å². The predicted octanol–water partition coefficient (Wildman–Crippen LogP) is 0.780. The highest BCUT2D eigenvalue weighted by atomic mass is 32.1. The molecule has 1 aromatic rings. The van der Waals surface area contributed by atoms with Gasteiger partial charge in [0.25, 0.3) is 0 Å². The molecule has 0 aliphatic carbocycles. The number of rotatable bonds is 6. The Kier molecular flexibility index (Phi) is 7.86. The fourth-order valence-corrected chi connectivity index (χ4v) is 3.71. The third kappa shape index (κ3) is 6.45. The number of benzene rings is 1. The van der Waals surface area contributed by atoms with Crippen molar-refractivity contribution in [3.05, 3.63) is 29.8 Å². The topological polar surface area (TPSA) is 53.3 Å². The highest BCUT2D eigenvalue weighted by molar-refractivity contribution is 7.80. The van der Waals surface area contributed by atoms with Gasteiger partial charge >= 0.3 is 0 Å². The molecule has 2 saturated heterocycles. The smallest absolute Gasteiger partial charge is 0.187 e. The van der Waals surface area contributed by atoms with Crippen molar-refractivity contribution in [3.63, 3.8) is 0 Å². The van der Waals surface area contributed by atoms with Gasteiger partial charge in [-0.15, -0.1) is 0 Å². The van der Waals surface area contributed by atoms with E-state index >= 15 is 0 Å². The highest BCUT2D eigenvalue weighted by Crippen LogP contribution is 2.20. The van der Waals surface area contributed by atoms with E-state index in [9.17, 15) is 0 Å². The maximum absolute atomic E-state index is 5.38. The first kappa shape index (κ1) is 20.0. The molecule has 148 valence electrons. The average molecular weight is 391 g/mol. The average Bonchev–Trinajstić information content (AvgIpc) is 2.73. The molecule has 0 atom stereocenters. The molecule has 0 radical (unpaired) electrons. The number of hydrazone groups is 1.